The van der Waals surface area contributed by atoms with Crippen LogP contribution in [0.1, 0.15) is 0 Å². The number of hydrogen-bond acceptors (Lipinski definition) is 3. The van der Waals surface area contributed by atoms with E-state index in [0.717, 1.165) is 0 Å². The van der Waals surface area contributed by atoms with Gasteiger partial charge in [-0.1, -0.05) is 23.2 Å². The summed E-state index contributed by atoms with van der Waals surface area (Å²) in [5.74, 6) is -1.75. The average molecular weight is 319 g/mol. The maximum Gasteiger partial charge on any atom is 0.319 e. The minimum Gasteiger partial charge on any atom is -0.481 e. The van der Waals surface area contributed by atoms with Gasteiger partial charge in [-0.25, -0.2) is 4.79 Å². The van der Waals surface area contributed by atoms with Crippen LogP contribution in [0.5, 0.6) is 0 Å². The molecule has 0 spiro atoms. The number of rotatable bonds is 3. The molecule has 8 heteroatoms. The van der Waals surface area contributed by atoms with Gasteiger partial charge in [-0.05, 0) is 18.2 Å². The topological polar surface area (TPSA) is 87.7 Å². The summed E-state index contributed by atoms with van der Waals surface area (Å²) >= 11 is 11.6. The third kappa shape index (κ3) is 3.75. The van der Waals surface area contributed by atoms with Crippen molar-refractivity contribution in [1.29, 1.82) is 0 Å². The molecule has 2 unspecified atom stereocenters. The van der Waals surface area contributed by atoms with Crippen molar-refractivity contribution >= 4 is 40.9 Å². The van der Waals surface area contributed by atoms with E-state index < -0.39 is 24.0 Å². The lowest BCUT2D eigenvalue weighted by molar-refractivity contribution is -0.142. The van der Waals surface area contributed by atoms with Crippen LogP contribution < -0.4 is 10.6 Å². The fraction of sp³-hybridized carbons (Fsp3) is 0.333. The van der Waals surface area contributed by atoms with Crippen LogP contribution in [0.15, 0.2) is 18.2 Å². The molecule has 0 saturated carbocycles. The third-order valence-corrected chi connectivity index (χ3v) is 3.27. The first-order chi connectivity index (χ1) is 9.45. The Labute approximate surface area is 125 Å². The van der Waals surface area contributed by atoms with Gasteiger partial charge in [0.2, 0.25) is 0 Å². The van der Waals surface area contributed by atoms with Crippen molar-refractivity contribution in [3.63, 3.8) is 0 Å². The lowest BCUT2D eigenvalue weighted by Crippen LogP contribution is -2.44. The number of ether oxygens (including phenoxy) is 1. The van der Waals surface area contributed by atoms with Crippen LogP contribution in [0.4, 0.5) is 10.5 Å². The number of amides is 2. The van der Waals surface area contributed by atoms with E-state index in [2.05, 4.69) is 10.6 Å². The Balaban J connectivity index is 1.97. The number of carbonyl (C=O) groups is 2. The van der Waals surface area contributed by atoms with E-state index in [4.69, 9.17) is 33.0 Å². The van der Waals surface area contributed by atoms with Crippen molar-refractivity contribution < 1.29 is 19.4 Å². The minimum atomic E-state index is -1.00. The molecule has 0 aromatic heterocycles. The zero-order valence-electron chi connectivity index (χ0n) is 10.2. The first-order valence-corrected chi connectivity index (χ1v) is 6.55. The summed E-state index contributed by atoms with van der Waals surface area (Å²) in [6.45, 7) is 0.254. The Morgan fingerprint density at radius 2 is 1.85 bits per heavy atom. The molecule has 1 fully saturated rings. The van der Waals surface area contributed by atoms with E-state index in [0.29, 0.717) is 15.7 Å². The zero-order chi connectivity index (χ0) is 14.7. The second kappa shape index (κ2) is 6.30. The molecule has 108 valence electrons. The Morgan fingerprint density at radius 3 is 2.45 bits per heavy atom. The molecular formula is C12H12Cl2N2O4. The predicted octanol–water partition coefficient (Wildman–Crippen LogP) is 2.21. The highest BCUT2D eigenvalue weighted by Crippen LogP contribution is 2.22. The lowest BCUT2D eigenvalue weighted by atomic mass is 10.0. The molecule has 2 rings (SSSR count). The number of carboxylic acid groups (broad SMARTS) is 1. The number of halogens is 2. The zero-order valence-corrected chi connectivity index (χ0v) is 11.7. The van der Waals surface area contributed by atoms with Gasteiger partial charge in [-0.2, -0.15) is 0 Å². The van der Waals surface area contributed by atoms with Crippen LogP contribution in [0.2, 0.25) is 10.0 Å². The lowest BCUT2D eigenvalue weighted by Gasteiger charge is -2.16. The summed E-state index contributed by atoms with van der Waals surface area (Å²) < 4.78 is 5.05. The van der Waals surface area contributed by atoms with Gasteiger partial charge in [0, 0.05) is 15.7 Å². The highest BCUT2D eigenvalue weighted by Gasteiger charge is 2.35. The standard InChI is InChI=1S/C12H12Cl2N2O4/c13-6-1-7(14)3-8(2-6)15-12(19)16-10-5-20-4-9(10)11(17)18/h1-3,9-10H,4-5H2,(H,17,18)(H2,15,16,19). The molecule has 0 bridgehead atoms. The first kappa shape index (κ1) is 14.9. The van der Waals surface area contributed by atoms with Crippen molar-refractivity contribution in [3.05, 3.63) is 28.2 Å². The molecule has 1 aromatic rings. The summed E-state index contributed by atoms with van der Waals surface area (Å²) in [5, 5.41) is 14.8. The number of urea groups is 1. The summed E-state index contributed by atoms with van der Waals surface area (Å²) in [4.78, 5) is 22.8. The third-order valence-electron chi connectivity index (χ3n) is 2.83. The van der Waals surface area contributed by atoms with Crippen LogP contribution in [0.3, 0.4) is 0 Å². The van der Waals surface area contributed by atoms with Crippen LogP contribution in [-0.2, 0) is 9.53 Å². The molecule has 6 nitrogen and oxygen atoms in total. The number of aliphatic carboxylic acids is 1. The van der Waals surface area contributed by atoms with Crippen LogP contribution in [-0.4, -0.2) is 36.4 Å². The molecule has 2 amide bonds. The number of benzene rings is 1. The maximum atomic E-state index is 11.8. The van der Waals surface area contributed by atoms with E-state index >= 15 is 0 Å². The first-order valence-electron chi connectivity index (χ1n) is 5.80. The van der Waals surface area contributed by atoms with E-state index in [1.807, 2.05) is 0 Å². The number of nitrogens with one attached hydrogen (secondary N) is 2. The van der Waals surface area contributed by atoms with Gasteiger partial charge in [0.15, 0.2) is 0 Å². The highest BCUT2D eigenvalue weighted by molar-refractivity contribution is 6.35. The fourth-order valence-corrected chi connectivity index (χ4v) is 2.43. The second-order valence-corrected chi connectivity index (χ2v) is 5.22. The largest absolute Gasteiger partial charge is 0.481 e. The highest BCUT2D eigenvalue weighted by atomic mass is 35.5. The molecule has 1 aliphatic heterocycles. The summed E-state index contributed by atoms with van der Waals surface area (Å²) in [6.07, 6.45) is 0. The van der Waals surface area contributed by atoms with Crippen LogP contribution in [0, 0.1) is 5.92 Å². The molecule has 0 aliphatic carbocycles. The summed E-state index contributed by atoms with van der Waals surface area (Å²) in [5.41, 5.74) is 0.422. The SMILES string of the molecule is O=C(Nc1cc(Cl)cc(Cl)c1)NC1COCC1C(=O)O. The Morgan fingerprint density at radius 1 is 1.20 bits per heavy atom. The van der Waals surface area contributed by atoms with Crippen molar-refractivity contribution in [3.8, 4) is 0 Å². The van der Waals surface area contributed by atoms with Crippen LogP contribution in [0.25, 0.3) is 0 Å². The quantitative estimate of drug-likeness (QED) is 0.797. The fourth-order valence-electron chi connectivity index (χ4n) is 1.90. The molecule has 1 aliphatic rings. The molecular weight excluding hydrogens is 307 g/mol. The van der Waals surface area contributed by atoms with E-state index in [1.165, 1.54) is 18.2 Å². The van der Waals surface area contributed by atoms with Crippen molar-refractivity contribution in [2.24, 2.45) is 5.92 Å². The molecule has 0 radical (unpaired) electrons. The Bertz CT molecular complexity index is 518. The van der Waals surface area contributed by atoms with E-state index in [9.17, 15) is 9.59 Å². The van der Waals surface area contributed by atoms with E-state index in [-0.39, 0.29) is 13.2 Å². The Kier molecular flexibility index (Phi) is 4.69. The van der Waals surface area contributed by atoms with Gasteiger partial charge in [-0.15, -0.1) is 0 Å². The second-order valence-electron chi connectivity index (χ2n) is 4.35. The summed E-state index contributed by atoms with van der Waals surface area (Å²) in [6, 6.07) is 3.50. The normalized spacial score (nSPS) is 21.5. The molecule has 1 saturated heterocycles. The number of carboxylic acids is 1. The summed E-state index contributed by atoms with van der Waals surface area (Å²) in [7, 11) is 0. The van der Waals surface area contributed by atoms with Crippen molar-refractivity contribution in [2.75, 3.05) is 18.5 Å². The minimum absolute atomic E-state index is 0.0866. The molecule has 20 heavy (non-hydrogen) atoms. The molecule has 1 aromatic carbocycles. The molecule has 2 atom stereocenters. The van der Waals surface area contributed by atoms with Crippen LogP contribution >= 0.6 is 23.2 Å². The van der Waals surface area contributed by atoms with Gasteiger partial charge in [0.05, 0.1) is 19.3 Å². The smallest absolute Gasteiger partial charge is 0.319 e. The van der Waals surface area contributed by atoms with Crippen molar-refractivity contribution in [1.82, 2.24) is 5.32 Å². The number of anilines is 1. The Hall–Kier alpha value is -1.50. The van der Waals surface area contributed by atoms with Gasteiger partial charge in [-0.3, -0.25) is 4.79 Å². The number of hydrogen-bond donors (Lipinski definition) is 3. The van der Waals surface area contributed by atoms with E-state index in [1.54, 1.807) is 0 Å². The maximum absolute atomic E-state index is 11.8. The average Bonchev–Trinajstić information content (AvgIpc) is 2.75. The molecule has 3 N–H and O–H groups in total. The predicted molar refractivity (Wildman–Crippen MR) is 74.3 cm³/mol. The van der Waals surface area contributed by atoms with Gasteiger partial charge in [0.25, 0.3) is 0 Å². The number of carbonyl (C=O) groups excluding carboxylic acids is 1. The van der Waals surface area contributed by atoms with Crippen molar-refractivity contribution in [2.45, 2.75) is 6.04 Å². The van der Waals surface area contributed by atoms with Gasteiger partial charge in [0.1, 0.15) is 5.92 Å². The monoisotopic (exact) mass is 318 g/mol. The van der Waals surface area contributed by atoms with Gasteiger partial charge < -0.3 is 20.5 Å². The molecule has 1 heterocycles. The van der Waals surface area contributed by atoms with Gasteiger partial charge >= 0.3 is 12.0 Å².